The van der Waals surface area contributed by atoms with Crippen LogP contribution in [0.1, 0.15) is 37.3 Å². The number of rotatable bonds is 4. The molecule has 2 rings (SSSR count). The molecular weight excluding hydrogens is 288 g/mol. The first-order valence-electron chi connectivity index (χ1n) is 7.30. The minimum absolute atomic E-state index is 0.0109. The topological polar surface area (TPSA) is 83.6 Å². The molecular formula is C15H24N2O3S. The number of nitrogens with two attached hydrogens (primary N) is 1. The Morgan fingerprint density at radius 2 is 2.00 bits per heavy atom. The van der Waals surface area contributed by atoms with Gasteiger partial charge in [-0.05, 0) is 37.3 Å². The van der Waals surface area contributed by atoms with Gasteiger partial charge in [-0.15, -0.1) is 0 Å². The van der Waals surface area contributed by atoms with Crippen molar-refractivity contribution in [2.24, 2.45) is 5.73 Å². The molecule has 1 aromatic rings. The molecule has 0 saturated carbocycles. The summed E-state index contributed by atoms with van der Waals surface area (Å²) in [6.07, 6.45) is 1.81. The molecule has 21 heavy (non-hydrogen) atoms. The van der Waals surface area contributed by atoms with Gasteiger partial charge >= 0.3 is 0 Å². The van der Waals surface area contributed by atoms with Gasteiger partial charge in [-0.3, -0.25) is 0 Å². The molecule has 0 aromatic heterocycles. The van der Waals surface area contributed by atoms with Crippen molar-refractivity contribution in [3.63, 3.8) is 0 Å². The van der Waals surface area contributed by atoms with Crippen LogP contribution in [0.3, 0.4) is 0 Å². The van der Waals surface area contributed by atoms with Gasteiger partial charge in [0.15, 0.2) is 0 Å². The van der Waals surface area contributed by atoms with Crippen LogP contribution in [-0.4, -0.2) is 36.5 Å². The molecule has 1 unspecified atom stereocenters. The molecule has 3 N–H and O–H groups in total. The summed E-state index contributed by atoms with van der Waals surface area (Å²) in [6.45, 7) is 3.04. The molecule has 0 aliphatic carbocycles. The number of hydrogen-bond donors (Lipinski definition) is 2. The zero-order valence-electron chi connectivity index (χ0n) is 12.5. The highest BCUT2D eigenvalue weighted by Gasteiger charge is 2.30. The van der Waals surface area contributed by atoms with Gasteiger partial charge in [-0.1, -0.05) is 24.3 Å². The van der Waals surface area contributed by atoms with E-state index in [0.717, 1.165) is 11.1 Å². The number of aliphatic hydroxyl groups is 1. The van der Waals surface area contributed by atoms with Gasteiger partial charge in [0.05, 0.1) is 11.4 Å². The molecule has 1 heterocycles. The lowest BCUT2D eigenvalue weighted by molar-refractivity contribution is 0.0465. The molecule has 0 amide bonds. The smallest absolute Gasteiger partial charge is 0.218 e. The van der Waals surface area contributed by atoms with Crippen LogP contribution in [0.2, 0.25) is 0 Å². The van der Waals surface area contributed by atoms with Gasteiger partial charge in [-0.25, -0.2) is 12.7 Å². The molecule has 1 aliphatic rings. The zero-order chi connectivity index (χ0) is 15.5. The normalized spacial score (nSPS) is 24.7. The van der Waals surface area contributed by atoms with E-state index >= 15 is 0 Å². The Morgan fingerprint density at radius 3 is 2.71 bits per heavy atom. The monoisotopic (exact) mass is 312 g/mol. The lowest BCUT2D eigenvalue weighted by Gasteiger charge is -2.22. The lowest BCUT2D eigenvalue weighted by atomic mass is 9.98. The van der Waals surface area contributed by atoms with Crippen molar-refractivity contribution in [1.82, 2.24) is 4.31 Å². The fraction of sp³-hybridized carbons (Fsp3) is 0.600. The van der Waals surface area contributed by atoms with Crippen molar-refractivity contribution in [1.29, 1.82) is 0 Å². The number of benzene rings is 1. The van der Waals surface area contributed by atoms with Crippen LogP contribution in [0.25, 0.3) is 0 Å². The third-order valence-electron chi connectivity index (χ3n) is 3.99. The first kappa shape index (κ1) is 16.4. The van der Waals surface area contributed by atoms with Gasteiger partial charge < -0.3 is 10.8 Å². The Morgan fingerprint density at radius 1 is 1.29 bits per heavy atom. The van der Waals surface area contributed by atoms with Gasteiger partial charge in [-0.2, -0.15) is 0 Å². The van der Waals surface area contributed by atoms with Crippen molar-refractivity contribution in [3.05, 3.63) is 35.4 Å². The highest BCUT2D eigenvalue weighted by Crippen LogP contribution is 2.24. The molecule has 1 atom stereocenters. The molecule has 0 spiro atoms. The first-order valence-corrected chi connectivity index (χ1v) is 8.91. The largest absolute Gasteiger partial charge is 0.390 e. The van der Waals surface area contributed by atoms with E-state index in [-0.39, 0.29) is 5.75 Å². The van der Waals surface area contributed by atoms with E-state index in [0.29, 0.717) is 38.9 Å². The quantitative estimate of drug-likeness (QED) is 0.875. The predicted molar refractivity (Wildman–Crippen MR) is 83.0 cm³/mol. The minimum Gasteiger partial charge on any atom is -0.390 e. The highest BCUT2D eigenvalue weighted by atomic mass is 32.2. The third-order valence-corrected chi connectivity index (χ3v) is 5.84. The van der Waals surface area contributed by atoms with Crippen LogP contribution in [0.5, 0.6) is 0 Å². The second-order valence-corrected chi connectivity index (χ2v) is 8.00. The van der Waals surface area contributed by atoms with Crippen LogP contribution in [0.4, 0.5) is 0 Å². The molecule has 0 radical (unpaired) electrons. The van der Waals surface area contributed by atoms with Crippen molar-refractivity contribution < 1.29 is 13.5 Å². The Balaban J connectivity index is 2.10. The summed E-state index contributed by atoms with van der Waals surface area (Å²) in [6, 6.07) is 7.37. The molecule has 1 fully saturated rings. The maximum absolute atomic E-state index is 12.5. The summed E-state index contributed by atoms with van der Waals surface area (Å²) < 4.78 is 26.6. The maximum atomic E-state index is 12.5. The Hall–Kier alpha value is -0.950. The van der Waals surface area contributed by atoms with E-state index in [1.165, 1.54) is 4.31 Å². The predicted octanol–water partition coefficient (Wildman–Crippen LogP) is 1.21. The second kappa shape index (κ2) is 6.44. The van der Waals surface area contributed by atoms with E-state index < -0.39 is 15.6 Å². The van der Waals surface area contributed by atoms with Gasteiger partial charge in [0.1, 0.15) is 0 Å². The standard InChI is InChI=1S/C15H24N2O3S/c1-15(18)6-3-8-17(9-7-15)21(19,20)12-14-5-2-4-13(10-14)11-16/h2,4-5,10,18H,3,6-9,11-12,16H2,1H3. The lowest BCUT2D eigenvalue weighted by Crippen LogP contribution is -2.34. The average Bonchev–Trinajstić information content (AvgIpc) is 2.60. The number of nitrogens with zero attached hydrogens (tertiary/aromatic N) is 1. The molecule has 5 nitrogen and oxygen atoms in total. The van der Waals surface area contributed by atoms with Crippen LogP contribution in [-0.2, 0) is 22.3 Å². The summed E-state index contributed by atoms with van der Waals surface area (Å²) in [5.41, 5.74) is 6.52. The molecule has 1 aliphatic heterocycles. The minimum atomic E-state index is -3.35. The van der Waals surface area contributed by atoms with Crippen LogP contribution < -0.4 is 5.73 Å². The van der Waals surface area contributed by atoms with Crippen LogP contribution >= 0.6 is 0 Å². The molecule has 1 saturated heterocycles. The van der Waals surface area contributed by atoms with Crippen LogP contribution in [0, 0.1) is 0 Å². The summed E-state index contributed by atoms with van der Waals surface area (Å²) in [5.74, 6) is -0.0109. The van der Waals surface area contributed by atoms with Crippen molar-refractivity contribution >= 4 is 10.0 Å². The average molecular weight is 312 g/mol. The van der Waals surface area contributed by atoms with Gasteiger partial charge in [0.25, 0.3) is 0 Å². The fourth-order valence-corrected chi connectivity index (χ4v) is 4.23. The molecule has 6 heteroatoms. The van der Waals surface area contributed by atoms with Gasteiger partial charge in [0, 0.05) is 19.6 Å². The first-order chi connectivity index (χ1) is 9.82. The summed E-state index contributed by atoms with van der Waals surface area (Å²) in [5, 5.41) is 10.1. The summed E-state index contributed by atoms with van der Waals surface area (Å²) in [4.78, 5) is 0. The van der Waals surface area contributed by atoms with E-state index in [2.05, 4.69) is 0 Å². The van der Waals surface area contributed by atoms with Crippen molar-refractivity contribution in [2.75, 3.05) is 13.1 Å². The van der Waals surface area contributed by atoms with E-state index in [4.69, 9.17) is 5.73 Å². The molecule has 1 aromatic carbocycles. The second-order valence-electron chi connectivity index (χ2n) is 6.03. The highest BCUT2D eigenvalue weighted by molar-refractivity contribution is 7.88. The Kier molecular flexibility index (Phi) is 5.03. The Labute approximate surface area is 126 Å². The number of hydrogen-bond acceptors (Lipinski definition) is 4. The van der Waals surface area contributed by atoms with E-state index in [1.54, 1.807) is 6.92 Å². The SMILES string of the molecule is CC1(O)CCCN(S(=O)(=O)Cc2cccc(CN)c2)CC1. The zero-order valence-corrected chi connectivity index (χ0v) is 13.3. The Bertz CT molecular complexity index is 584. The number of sulfonamides is 1. The van der Waals surface area contributed by atoms with E-state index in [1.807, 2.05) is 24.3 Å². The summed E-state index contributed by atoms with van der Waals surface area (Å²) >= 11 is 0. The molecule has 118 valence electrons. The molecule has 0 bridgehead atoms. The van der Waals surface area contributed by atoms with Gasteiger partial charge in [0.2, 0.25) is 10.0 Å². The summed E-state index contributed by atoms with van der Waals surface area (Å²) in [7, 11) is -3.35. The fourth-order valence-electron chi connectivity index (χ4n) is 2.67. The van der Waals surface area contributed by atoms with E-state index in [9.17, 15) is 13.5 Å². The van der Waals surface area contributed by atoms with Crippen molar-refractivity contribution in [2.45, 2.75) is 44.1 Å². The maximum Gasteiger partial charge on any atom is 0.218 e. The van der Waals surface area contributed by atoms with Crippen LogP contribution in [0.15, 0.2) is 24.3 Å². The third kappa shape index (κ3) is 4.51. The van der Waals surface area contributed by atoms with Crippen molar-refractivity contribution in [3.8, 4) is 0 Å².